The van der Waals surface area contributed by atoms with Gasteiger partial charge in [-0.2, -0.15) is 9.80 Å². The zero-order valence-electron chi connectivity index (χ0n) is 86.8. The Morgan fingerprint density at radius 3 is 1.01 bits per heavy atom. The van der Waals surface area contributed by atoms with Gasteiger partial charge in [-0.3, -0.25) is 14.5 Å². The first-order chi connectivity index (χ1) is 60.3. The fraction of sp³-hybridized carbons (Fsp3) is 0.522. The molecule has 15 heteroatoms. The van der Waals surface area contributed by atoms with E-state index >= 15 is 0 Å². The van der Waals surface area contributed by atoms with E-state index in [1.165, 1.54) is 95.0 Å². The first-order valence-corrected chi connectivity index (χ1v) is 49.9. The molecule has 10 rings (SSSR count). The molecule has 130 heavy (non-hydrogen) atoms. The molecule has 714 valence electrons. The minimum atomic E-state index is -0.732. The Morgan fingerprint density at radius 1 is 0.415 bits per heavy atom. The third-order valence-electron chi connectivity index (χ3n) is 25.1. The van der Waals surface area contributed by atoms with E-state index in [-0.39, 0.29) is 47.8 Å². The van der Waals surface area contributed by atoms with Gasteiger partial charge in [-0.1, -0.05) is 367 Å². The van der Waals surface area contributed by atoms with Gasteiger partial charge in [-0.15, -0.1) is 16.5 Å². The summed E-state index contributed by atoms with van der Waals surface area (Å²) in [6.07, 6.45) is 5.73. The number of amides is 3. The van der Waals surface area contributed by atoms with Crippen LogP contribution in [0, 0.1) is 22.9 Å². The Kier molecular flexibility index (Phi) is 42.7. The van der Waals surface area contributed by atoms with E-state index in [4.69, 9.17) is 21.6 Å². The van der Waals surface area contributed by atoms with Crippen LogP contribution >= 0.6 is 21.7 Å². The summed E-state index contributed by atoms with van der Waals surface area (Å²) in [4.78, 5) is 59.7. The van der Waals surface area contributed by atoms with Crippen molar-refractivity contribution in [3.05, 3.63) is 241 Å². The normalized spacial score (nSPS) is 14.2. The van der Waals surface area contributed by atoms with Crippen LogP contribution in [0.1, 0.15) is 447 Å². The van der Waals surface area contributed by atoms with Gasteiger partial charge in [-0.05, 0) is 203 Å². The molecule has 1 fully saturated rings. The van der Waals surface area contributed by atoms with E-state index in [0.717, 1.165) is 39.6 Å². The monoisotopic (exact) mass is 1870 g/mol. The van der Waals surface area contributed by atoms with Crippen molar-refractivity contribution in [3.8, 4) is 0 Å². The summed E-state index contributed by atoms with van der Waals surface area (Å²) < 4.78 is 2.35. The number of carbonyl (C=O) groups excluding carboxylic acids is 3. The molecule has 2 heterocycles. The Labute approximate surface area is 813 Å². The van der Waals surface area contributed by atoms with Crippen molar-refractivity contribution < 1.29 is 46.5 Å². The Hall–Kier alpha value is -7.96. The summed E-state index contributed by atoms with van der Waals surface area (Å²) in [5.74, 6) is 6.41. The molecule has 0 unspecified atom stereocenters. The number of hydrogen-bond donors (Lipinski definition) is 1. The van der Waals surface area contributed by atoms with Crippen molar-refractivity contribution in [1.82, 2.24) is 0 Å². The van der Waals surface area contributed by atoms with Gasteiger partial charge in [0.05, 0.1) is 52.2 Å². The summed E-state index contributed by atoms with van der Waals surface area (Å²) in [6.45, 7) is 86.6. The summed E-state index contributed by atoms with van der Waals surface area (Å²) >= 11 is 9.94. The van der Waals surface area contributed by atoms with Gasteiger partial charge in [0.1, 0.15) is 29.7 Å². The predicted octanol–water partition coefficient (Wildman–Crippen LogP) is 30.9. The minimum absolute atomic E-state index is 0. The molecule has 11 nitrogen and oxygen atoms in total. The molecule has 8 aromatic carbocycles. The zero-order chi connectivity index (χ0) is 97.3. The van der Waals surface area contributed by atoms with Gasteiger partial charge < -0.3 is 17.7 Å². The van der Waals surface area contributed by atoms with Crippen LogP contribution in [0.3, 0.4) is 0 Å². The van der Waals surface area contributed by atoms with Crippen LogP contribution in [0.4, 0.5) is 45.5 Å². The molecule has 0 bridgehead atoms. The number of rotatable bonds is 28. The molecule has 3 amide bonds. The van der Waals surface area contributed by atoms with E-state index in [1.54, 1.807) is 11.2 Å². The van der Waals surface area contributed by atoms with Crippen molar-refractivity contribution >= 4 is 104 Å². The van der Waals surface area contributed by atoms with Crippen LogP contribution < -0.4 is 37.3 Å². The molecular formula is C115H165Cl3CuN8O3+. The van der Waals surface area contributed by atoms with E-state index in [1.807, 2.05) is 30.0 Å². The van der Waals surface area contributed by atoms with Crippen LogP contribution in [0.5, 0.6) is 0 Å². The second kappa shape index (κ2) is 49.3. The summed E-state index contributed by atoms with van der Waals surface area (Å²) in [5, 5.41) is 3.53. The van der Waals surface area contributed by atoms with E-state index in [0.29, 0.717) is 95.9 Å². The number of hydrogen-bond acceptors (Lipinski definition) is 6. The van der Waals surface area contributed by atoms with Crippen molar-refractivity contribution in [2.24, 2.45) is 26.2 Å². The molecule has 0 spiro atoms. The number of nitrogens with one attached hydrogen (secondary N) is 1. The Morgan fingerprint density at radius 2 is 0.692 bits per heavy atom. The number of aliphatic imine (C=N–C) groups is 2. The van der Waals surface area contributed by atoms with E-state index in [2.05, 4.69) is 448 Å². The molecule has 0 aromatic heterocycles. The molecule has 0 aliphatic carbocycles. The standard InChI is InChI=1S/C30H43ClN2O.2C30H43N2O.C25H36N2.2ClH.Cu/c1-19(2)23-13-11-14-24(20(3)4)27(23)32-18-33(29(34)30(9,10)17-31)28-25(21(5)6)15-12-16-26(28)22(7)8;2*1-19(2)23-13-11-14-24(20(3)4)27(23)31-17-30(9,10)29(33)32(18-31)28-25(21(5)6)15-12-16-26(28)22(7)8;1-16(2)20-11-9-12-21(17(3)4)24(20)26-15-27-25-22(18(5)6)13-10-14-23(25)19(7)8;;;/h11-16,18-22H,17H2,1-10H3;2*11-16,18-22H,17H2,1-10H3;9-19H,1-8H3,(H,26,27);2*1H;/q;2*+1;;;;+1/p-2. The number of anilines is 5. The molecule has 2 aliphatic heterocycles. The molecule has 0 radical (unpaired) electrons. The Bertz CT molecular complexity index is 4940. The SMILES string of the molecule is CC(C)c1cccc(C(C)C)c1N1C=[N+](c2c(C(C)C)cccc2C(C)C)CC(C)(C)C1=O.CC(C)c1cccc(C(C)C)c1N1[CH+]N(c2c(C(C)C)cccc2C(C)C)C(=O)C(C)(C)C1.CC(C)c1cccc(C(C)C)c1N=CN(C(=O)C(C)(C)CCl)c1c(C(C)C)cccc1C(C)C.CC(C)c1cccc(C(C)C)c1N=CNc1c(C(C)C)cccc1C(C)C.[Cl-].[Cl][Cu]. The topological polar surface area (TPSA) is 104 Å². The quantitative estimate of drug-likeness (QED) is 0.0131. The fourth-order valence-electron chi connectivity index (χ4n) is 17.7. The first-order valence-electron chi connectivity index (χ1n) is 48.1. The zero-order valence-corrected chi connectivity index (χ0v) is 90.0. The van der Waals surface area contributed by atoms with Gasteiger partial charge >= 0.3 is 37.8 Å². The van der Waals surface area contributed by atoms with Crippen LogP contribution in [0.2, 0.25) is 0 Å². The number of para-hydroxylation sites is 8. The molecule has 2 aliphatic rings. The number of alkyl halides is 1. The predicted molar refractivity (Wildman–Crippen MR) is 560 cm³/mol. The molecule has 0 saturated carbocycles. The maximum absolute atomic E-state index is 14.0. The van der Waals surface area contributed by atoms with Crippen LogP contribution in [-0.4, -0.2) is 60.3 Å². The molecular weight excluding hydrogens is 1710 g/mol. The van der Waals surface area contributed by atoms with Crippen LogP contribution in [0.15, 0.2) is 156 Å². The Balaban J connectivity index is 0.000000305. The van der Waals surface area contributed by atoms with Gasteiger partial charge in [0.2, 0.25) is 5.91 Å². The second-order valence-electron chi connectivity index (χ2n) is 42.7. The average Bonchev–Trinajstić information content (AvgIpc) is 0.749. The van der Waals surface area contributed by atoms with E-state index in [9.17, 15) is 14.4 Å². The fourth-order valence-corrected chi connectivity index (χ4v) is 17.8. The number of benzene rings is 8. The van der Waals surface area contributed by atoms with Crippen molar-refractivity contribution in [3.63, 3.8) is 0 Å². The first kappa shape index (κ1) is 113. The second-order valence-corrected chi connectivity index (χ2v) is 43.0. The summed E-state index contributed by atoms with van der Waals surface area (Å²) in [5.41, 5.74) is 27.3. The molecule has 8 aromatic rings. The number of carbonyl (C=O) groups is 3. The van der Waals surface area contributed by atoms with Crippen molar-refractivity contribution in [2.45, 2.75) is 358 Å². The third-order valence-corrected chi connectivity index (χ3v) is 25.8. The van der Waals surface area contributed by atoms with Gasteiger partial charge in [-0.25, -0.2) is 19.4 Å². The maximum atomic E-state index is 14.0. The summed E-state index contributed by atoms with van der Waals surface area (Å²) in [6, 6.07) is 52.2. The van der Waals surface area contributed by atoms with Gasteiger partial charge in [0, 0.05) is 33.8 Å². The number of nitrogens with zero attached hydrogens (tertiary/aromatic N) is 7. The van der Waals surface area contributed by atoms with Crippen LogP contribution in [-0.2, 0) is 29.5 Å². The molecule has 0 atom stereocenters. The van der Waals surface area contributed by atoms with Crippen molar-refractivity contribution in [1.29, 1.82) is 0 Å². The van der Waals surface area contributed by atoms with Crippen LogP contribution in [0.25, 0.3) is 0 Å². The van der Waals surface area contributed by atoms with Crippen molar-refractivity contribution in [2.75, 3.05) is 43.9 Å². The van der Waals surface area contributed by atoms with Gasteiger partial charge in [0.25, 0.3) is 12.2 Å². The number of halogens is 3. The van der Waals surface area contributed by atoms with E-state index < -0.39 is 16.2 Å². The third kappa shape index (κ3) is 27.2. The molecule has 1 saturated heterocycles. The van der Waals surface area contributed by atoms with Gasteiger partial charge in [0.15, 0.2) is 0 Å². The molecule has 1 N–H and O–H groups in total. The summed E-state index contributed by atoms with van der Waals surface area (Å²) in [7, 11) is 4.20. The average molecular weight is 1880 g/mol.